The number of allylic oxidation sites excluding steroid dienone is 1. The van der Waals surface area contributed by atoms with Crippen LogP contribution in [0, 0.1) is 0 Å². The molecule has 1 heterocycles. The first-order valence-corrected chi connectivity index (χ1v) is 7.79. The molecule has 0 radical (unpaired) electrons. The third-order valence-corrected chi connectivity index (χ3v) is 3.87. The minimum absolute atomic E-state index is 1.21. The van der Waals surface area contributed by atoms with Crippen molar-refractivity contribution in [2.75, 3.05) is 13.1 Å². The Bertz CT molecular complexity index is 198. The van der Waals surface area contributed by atoms with Crippen molar-refractivity contribution in [2.24, 2.45) is 0 Å². The lowest BCUT2D eigenvalue weighted by Gasteiger charge is -2.20. The van der Waals surface area contributed by atoms with Crippen molar-refractivity contribution in [3.05, 3.63) is 11.1 Å². The molecule has 0 unspecified atom stereocenters. The van der Waals surface area contributed by atoms with Crippen molar-refractivity contribution in [1.29, 1.82) is 0 Å². The highest BCUT2D eigenvalue weighted by Gasteiger charge is 2.10. The molecule has 0 aliphatic carbocycles. The molecule has 0 bridgehead atoms. The van der Waals surface area contributed by atoms with E-state index in [-0.39, 0.29) is 0 Å². The molecule has 0 spiro atoms. The van der Waals surface area contributed by atoms with E-state index in [9.17, 15) is 0 Å². The summed E-state index contributed by atoms with van der Waals surface area (Å²) in [6, 6.07) is 0. The second kappa shape index (κ2) is 9.70. The summed E-state index contributed by atoms with van der Waals surface area (Å²) in [7, 11) is 0. The van der Waals surface area contributed by atoms with Gasteiger partial charge in [-0.3, -0.25) is 0 Å². The zero-order chi connectivity index (χ0) is 12.3. The number of unbranched alkanes of at least 4 members (excludes halogenated alkanes) is 4. The molecule has 1 nitrogen and oxygen atoms in total. The first-order chi connectivity index (χ1) is 8.38. The molecule has 1 aliphatic heterocycles. The van der Waals surface area contributed by atoms with Crippen LogP contribution in [0.15, 0.2) is 11.1 Å². The van der Waals surface area contributed by atoms with Crippen LogP contribution in [0.4, 0.5) is 0 Å². The Balaban J connectivity index is 2.43. The molecule has 17 heavy (non-hydrogen) atoms. The van der Waals surface area contributed by atoms with Crippen LogP contribution in [0.3, 0.4) is 0 Å². The fraction of sp³-hybridized carbons (Fsp3) is 0.875. The summed E-state index contributed by atoms with van der Waals surface area (Å²) in [5.41, 5.74) is 3.63. The first-order valence-electron chi connectivity index (χ1n) is 7.79. The smallest absolute Gasteiger partial charge is 0.00114 e. The standard InChI is InChI=1S/C16H31N/c1-3-5-7-9-15(10-8-6-4-2)16-11-13-17-14-12-16/h17H,3-14H2,1-2H3. The van der Waals surface area contributed by atoms with Crippen molar-refractivity contribution >= 4 is 0 Å². The molecule has 0 aromatic carbocycles. The lowest BCUT2D eigenvalue weighted by Crippen LogP contribution is -2.24. The molecular weight excluding hydrogens is 206 g/mol. The number of piperidine rings is 1. The maximum atomic E-state index is 3.47. The van der Waals surface area contributed by atoms with E-state index < -0.39 is 0 Å². The van der Waals surface area contributed by atoms with Crippen molar-refractivity contribution in [1.82, 2.24) is 5.32 Å². The van der Waals surface area contributed by atoms with E-state index in [0.29, 0.717) is 0 Å². The third-order valence-electron chi connectivity index (χ3n) is 3.87. The highest BCUT2D eigenvalue weighted by atomic mass is 14.9. The van der Waals surface area contributed by atoms with Crippen molar-refractivity contribution in [3.63, 3.8) is 0 Å². The van der Waals surface area contributed by atoms with Crippen molar-refractivity contribution < 1.29 is 0 Å². The van der Waals surface area contributed by atoms with Gasteiger partial charge in [-0.1, -0.05) is 50.7 Å². The average molecular weight is 237 g/mol. The van der Waals surface area contributed by atoms with Crippen LogP contribution in [0.2, 0.25) is 0 Å². The third kappa shape index (κ3) is 6.26. The Labute approximate surface area is 108 Å². The van der Waals surface area contributed by atoms with E-state index in [4.69, 9.17) is 0 Å². The molecule has 0 saturated carbocycles. The summed E-state index contributed by atoms with van der Waals surface area (Å²) in [6.45, 7) is 7.02. The molecule has 1 N–H and O–H groups in total. The molecule has 100 valence electrons. The fourth-order valence-corrected chi connectivity index (χ4v) is 2.74. The SMILES string of the molecule is CCCCCC(CCCCC)=C1CCNCC1. The maximum Gasteiger partial charge on any atom is -0.00114 e. The van der Waals surface area contributed by atoms with E-state index >= 15 is 0 Å². The van der Waals surface area contributed by atoms with Gasteiger partial charge in [0.05, 0.1) is 0 Å². The molecule has 1 saturated heterocycles. The first kappa shape index (κ1) is 14.8. The predicted octanol–water partition coefficient (Wildman–Crippen LogP) is 4.83. The monoisotopic (exact) mass is 237 g/mol. The predicted molar refractivity (Wildman–Crippen MR) is 77.4 cm³/mol. The lowest BCUT2D eigenvalue weighted by molar-refractivity contribution is 0.582. The highest BCUT2D eigenvalue weighted by Crippen LogP contribution is 2.25. The van der Waals surface area contributed by atoms with Gasteiger partial charge in [0.2, 0.25) is 0 Å². The van der Waals surface area contributed by atoms with Gasteiger partial charge in [-0.15, -0.1) is 0 Å². The summed E-state index contributed by atoms with van der Waals surface area (Å²) < 4.78 is 0. The molecule has 1 aliphatic rings. The van der Waals surface area contributed by atoms with Crippen LogP contribution < -0.4 is 5.32 Å². The van der Waals surface area contributed by atoms with Gasteiger partial charge in [-0.25, -0.2) is 0 Å². The van der Waals surface area contributed by atoms with Gasteiger partial charge >= 0.3 is 0 Å². The van der Waals surface area contributed by atoms with Gasteiger partial charge in [0.15, 0.2) is 0 Å². The summed E-state index contributed by atoms with van der Waals surface area (Å²) in [5.74, 6) is 0. The Morgan fingerprint density at radius 1 is 0.882 bits per heavy atom. The molecule has 0 atom stereocenters. The number of nitrogens with one attached hydrogen (secondary N) is 1. The average Bonchev–Trinajstić information content (AvgIpc) is 2.38. The van der Waals surface area contributed by atoms with Gasteiger partial charge in [0.1, 0.15) is 0 Å². The molecule has 1 fully saturated rings. The van der Waals surface area contributed by atoms with Gasteiger partial charge in [-0.2, -0.15) is 0 Å². The molecule has 0 amide bonds. The van der Waals surface area contributed by atoms with Crippen LogP contribution in [0.5, 0.6) is 0 Å². The van der Waals surface area contributed by atoms with Crippen LogP contribution in [0.1, 0.15) is 78.1 Å². The Morgan fingerprint density at radius 2 is 1.41 bits per heavy atom. The van der Waals surface area contributed by atoms with Gasteiger partial charge in [0.25, 0.3) is 0 Å². The van der Waals surface area contributed by atoms with Crippen molar-refractivity contribution in [2.45, 2.75) is 78.1 Å². The molecule has 0 aromatic heterocycles. The zero-order valence-corrected chi connectivity index (χ0v) is 12.0. The summed E-state index contributed by atoms with van der Waals surface area (Å²) in [4.78, 5) is 0. The number of hydrogen-bond acceptors (Lipinski definition) is 1. The second-order valence-electron chi connectivity index (χ2n) is 5.37. The Kier molecular flexibility index (Phi) is 8.42. The molecule has 1 heteroatoms. The van der Waals surface area contributed by atoms with Crippen molar-refractivity contribution in [3.8, 4) is 0 Å². The van der Waals surface area contributed by atoms with E-state index in [1.165, 1.54) is 77.3 Å². The maximum absolute atomic E-state index is 3.47. The van der Waals surface area contributed by atoms with E-state index in [1.54, 1.807) is 5.57 Å². The van der Waals surface area contributed by atoms with Crippen LogP contribution >= 0.6 is 0 Å². The molecular formula is C16H31N. The molecule has 1 rings (SSSR count). The minimum atomic E-state index is 1.21. The second-order valence-corrected chi connectivity index (χ2v) is 5.37. The summed E-state index contributed by atoms with van der Waals surface area (Å²) in [6.07, 6.45) is 13.7. The van der Waals surface area contributed by atoms with E-state index in [2.05, 4.69) is 19.2 Å². The summed E-state index contributed by atoms with van der Waals surface area (Å²) in [5, 5.41) is 3.47. The van der Waals surface area contributed by atoms with Gasteiger partial charge in [-0.05, 0) is 51.6 Å². The van der Waals surface area contributed by atoms with Gasteiger partial charge in [0, 0.05) is 0 Å². The van der Waals surface area contributed by atoms with Crippen LogP contribution in [0.25, 0.3) is 0 Å². The fourth-order valence-electron chi connectivity index (χ4n) is 2.74. The van der Waals surface area contributed by atoms with Crippen LogP contribution in [-0.4, -0.2) is 13.1 Å². The summed E-state index contributed by atoms with van der Waals surface area (Å²) >= 11 is 0. The Morgan fingerprint density at radius 3 is 1.88 bits per heavy atom. The lowest BCUT2D eigenvalue weighted by atomic mass is 9.91. The number of hydrogen-bond donors (Lipinski definition) is 1. The van der Waals surface area contributed by atoms with E-state index in [1.807, 2.05) is 5.57 Å². The van der Waals surface area contributed by atoms with Crippen LogP contribution in [-0.2, 0) is 0 Å². The minimum Gasteiger partial charge on any atom is -0.316 e. The van der Waals surface area contributed by atoms with E-state index in [0.717, 1.165) is 0 Å². The quantitative estimate of drug-likeness (QED) is 0.471. The highest BCUT2D eigenvalue weighted by molar-refractivity contribution is 5.16. The zero-order valence-electron chi connectivity index (χ0n) is 12.0. The largest absolute Gasteiger partial charge is 0.316 e. The van der Waals surface area contributed by atoms with Gasteiger partial charge < -0.3 is 5.32 Å². The Hall–Kier alpha value is -0.300. The number of rotatable bonds is 8. The topological polar surface area (TPSA) is 12.0 Å². The molecule has 0 aromatic rings. The normalized spacial score (nSPS) is 16.2.